The summed E-state index contributed by atoms with van der Waals surface area (Å²) in [5, 5.41) is 2.11. The summed E-state index contributed by atoms with van der Waals surface area (Å²) in [6.07, 6.45) is 0. The molecule has 0 spiro atoms. The highest BCUT2D eigenvalue weighted by Crippen LogP contribution is 2.38. The minimum Gasteiger partial charge on any atom is -0.493 e. The van der Waals surface area contributed by atoms with Gasteiger partial charge in [-0.25, -0.2) is 13.2 Å². The van der Waals surface area contributed by atoms with Gasteiger partial charge in [-0.3, -0.25) is 4.79 Å². The molecule has 2 aromatic rings. The third-order valence-corrected chi connectivity index (χ3v) is 3.26. The minimum atomic E-state index is -1.67. The molecule has 0 saturated carbocycles. The van der Waals surface area contributed by atoms with Gasteiger partial charge in [-0.2, -0.15) is 0 Å². The lowest BCUT2D eigenvalue weighted by Crippen LogP contribution is -2.21. The number of halogens is 3. The first-order chi connectivity index (χ1) is 11.9. The summed E-state index contributed by atoms with van der Waals surface area (Å²) in [5.41, 5.74) is 0.365. The summed E-state index contributed by atoms with van der Waals surface area (Å²) in [5.74, 6) is -4.38. The number of anilines is 1. The van der Waals surface area contributed by atoms with Gasteiger partial charge in [-0.05, 0) is 36.8 Å². The standard InChI is InChI=1S/C17H16F3NO4/c1-9-6-12(23-2)17(13(7-9)24-3)25-8-14(22)21-11-5-4-10(18)15(19)16(11)20/h4-7H,8H2,1-3H3,(H,21,22). The Kier molecular flexibility index (Phi) is 5.74. The fourth-order valence-electron chi connectivity index (χ4n) is 2.10. The van der Waals surface area contributed by atoms with E-state index in [-0.39, 0.29) is 5.75 Å². The van der Waals surface area contributed by atoms with Crippen LogP contribution in [0.3, 0.4) is 0 Å². The zero-order valence-corrected chi connectivity index (χ0v) is 13.8. The number of methoxy groups -OCH3 is 2. The quantitative estimate of drug-likeness (QED) is 0.807. The first-order valence-corrected chi connectivity index (χ1v) is 7.16. The van der Waals surface area contributed by atoms with Crippen molar-refractivity contribution in [1.82, 2.24) is 0 Å². The molecule has 0 fully saturated rings. The number of ether oxygens (including phenoxy) is 3. The van der Waals surface area contributed by atoms with Gasteiger partial charge in [0.25, 0.3) is 5.91 Å². The van der Waals surface area contributed by atoms with Crippen LogP contribution in [0, 0.1) is 24.4 Å². The Hall–Kier alpha value is -2.90. The van der Waals surface area contributed by atoms with E-state index in [2.05, 4.69) is 5.32 Å². The highest BCUT2D eigenvalue weighted by molar-refractivity contribution is 5.92. The SMILES string of the molecule is COc1cc(C)cc(OC)c1OCC(=O)Nc1ccc(F)c(F)c1F. The van der Waals surface area contributed by atoms with E-state index in [1.807, 2.05) is 6.92 Å². The maximum atomic E-state index is 13.6. The van der Waals surface area contributed by atoms with Crippen molar-refractivity contribution in [2.75, 3.05) is 26.1 Å². The van der Waals surface area contributed by atoms with Crippen LogP contribution in [0.2, 0.25) is 0 Å². The highest BCUT2D eigenvalue weighted by Gasteiger charge is 2.17. The maximum absolute atomic E-state index is 13.6. The van der Waals surface area contributed by atoms with E-state index in [1.165, 1.54) is 14.2 Å². The van der Waals surface area contributed by atoms with Crippen molar-refractivity contribution in [2.24, 2.45) is 0 Å². The lowest BCUT2D eigenvalue weighted by molar-refractivity contribution is -0.118. The van der Waals surface area contributed by atoms with Gasteiger partial charge in [0.15, 0.2) is 35.6 Å². The number of hydrogen-bond acceptors (Lipinski definition) is 4. The summed E-state index contributed by atoms with van der Waals surface area (Å²) in [7, 11) is 2.86. The third kappa shape index (κ3) is 4.14. The van der Waals surface area contributed by atoms with Crippen LogP contribution >= 0.6 is 0 Å². The fourth-order valence-corrected chi connectivity index (χ4v) is 2.10. The van der Waals surface area contributed by atoms with E-state index in [4.69, 9.17) is 14.2 Å². The molecule has 0 unspecified atom stereocenters. The largest absolute Gasteiger partial charge is 0.493 e. The number of rotatable bonds is 6. The summed E-state index contributed by atoms with van der Waals surface area (Å²) in [4.78, 5) is 11.9. The average molecular weight is 355 g/mol. The molecule has 0 heterocycles. The second-order valence-electron chi connectivity index (χ2n) is 5.06. The number of hydrogen-bond donors (Lipinski definition) is 1. The van der Waals surface area contributed by atoms with Crippen LogP contribution in [0.4, 0.5) is 18.9 Å². The van der Waals surface area contributed by atoms with Crippen molar-refractivity contribution in [2.45, 2.75) is 6.92 Å². The Morgan fingerprint density at radius 1 is 1.04 bits per heavy atom. The molecule has 134 valence electrons. The summed E-state index contributed by atoms with van der Waals surface area (Å²) < 4.78 is 55.3. The molecule has 8 heteroatoms. The van der Waals surface area contributed by atoms with E-state index >= 15 is 0 Å². The topological polar surface area (TPSA) is 56.8 Å². The summed E-state index contributed by atoms with van der Waals surface area (Å²) in [6.45, 7) is 1.31. The molecule has 0 aliphatic carbocycles. The highest BCUT2D eigenvalue weighted by atomic mass is 19.2. The smallest absolute Gasteiger partial charge is 0.262 e. The van der Waals surface area contributed by atoms with Gasteiger partial charge >= 0.3 is 0 Å². The zero-order chi connectivity index (χ0) is 18.6. The average Bonchev–Trinajstić information content (AvgIpc) is 2.60. The molecule has 2 aromatic carbocycles. The molecule has 0 aliphatic heterocycles. The van der Waals surface area contributed by atoms with Crippen molar-refractivity contribution < 1.29 is 32.2 Å². The Bertz CT molecular complexity index is 771. The van der Waals surface area contributed by atoms with E-state index in [0.717, 1.165) is 11.6 Å². The van der Waals surface area contributed by atoms with Gasteiger partial charge in [0.2, 0.25) is 5.75 Å². The molecule has 25 heavy (non-hydrogen) atoms. The van der Waals surface area contributed by atoms with E-state index in [1.54, 1.807) is 12.1 Å². The third-order valence-electron chi connectivity index (χ3n) is 3.26. The molecular weight excluding hydrogens is 339 g/mol. The number of carbonyl (C=O) groups is 1. The Morgan fingerprint density at radius 3 is 2.20 bits per heavy atom. The summed E-state index contributed by atoms with van der Waals surface area (Å²) >= 11 is 0. The van der Waals surface area contributed by atoms with Gasteiger partial charge in [0.05, 0.1) is 19.9 Å². The number of amides is 1. The van der Waals surface area contributed by atoms with E-state index in [0.29, 0.717) is 17.6 Å². The van der Waals surface area contributed by atoms with Crippen molar-refractivity contribution in [1.29, 1.82) is 0 Å². The number of carbonyl (C=O) groups excluding carboxylic acids is 1. The lowest BCUT2D eigenvalue weighted by atomic mass is 10.2. The normalized spacial score (nSPS) is 10.3. The zero-order valence-electron chi connectivity index (χ0n) is 13.8. The second-order valence-corrected chi connectivity index (χ2v) is 5.06. The van der Waals surface area contributed by atoms with Crippen LogP contribution in [0.1, 0.15) is 5.56 Å². The maximum Gasteiger partial charge on any atom is 0.262 e. The van der Waals surface area contributed by atoms with Gasteiger partial charge in [-0.1, -0.05) is 0 Å². The molecule has 0 atom stereocenters. The molecule has 5 nitrogen and oxygen atoms in total. The van der Waals surface area contributed by atoms with Gasteiger partial charge in [0, 0.05) is 0 Å². The first kappa shape index (κ1) is 18.4. The molecule has 0 aliphatic rings. The van der Waals surface area contributed by atoms with Crippen molar-refractivity contribution in [3.05, 3.63) is 47.3 Å². The Balaban J connectivity index is 2.12. The molecule has 0 saturated heterocycles. The van der Waals surface area contributed by atoms with Gasteiger partial charge in [0.1, 0.15) is 0 Å². The molecule has 0 radical (unpaired) electrons. The van der Waals surface area contributed by atoms with E-state index < -0.39 is 35.7 Å². The van der Waals surface area contributed by atoms with Crippen molar-refractivity contribution in [3.8, 4) is 17.2 Å². The molecule has 0 aromatic heterocycles. The van der Waals surface area contributed by atoms with Gasteiger partial charge in [-0.15, -0.1) is 0 Å². The van der Waals surface area contributed by atoms with Gasteiger partial charge < -0.3 is 19.5 Å². The fraction of sp³-hybridized carbons (Fsp3) is 0.235. The van der Waals surface area contributed by atoms with Crippen LogP contribution in [0.5, 0.6) is 17.2 Å². The van der Waals surface area contributed by atoms with Crippen LogP contribution in [0.25, 0.3) is 0 Å². The van der Waals surface area contributed by atoms with Crippen LogP contribution in [-0.4, -0.2) is 26.7 Å². The molecule has 0 bridgehead atoms. The van der Waals surface area contributed by atoms with Crippen molar-refractivity contribution in [3.63, 3.8) is 0 Å². The molecule has 2 rings (SSSR count). The predicted molar refractivity (Wildman–Crippen MR) is 84.7 cm³/mol. The lowest BCUT2D eigenvalue weighted by Gasteiger charge is -2.15. The minimum absolute atomic E-state index is 0.191. The molecular formula is C17H16F3NO4. The van der Waals surface area contributed by atoms with Crippen molar-refractivity contribution >= 4 is 11.6 Å². The predicted octanol–water partition coefficient (Wildman–Crippen LogP) is 3.45. The van der Waals surface area contributed by atoms with Crippen LogP contribution < -0.4 is 19.5 Å². The van der Waals surface area contributed by atoms with Crippen LogP contribution in [0.15, 0.2) is 24.3 Å². The molecule has 1 N–H and O–H groups in total. The number of aryl methyl sites for hydroxylation is 1. The van der Waals surface area contributed by atoms with Crippen LogP contribution in [-0.2, 0) is 4.79 Å². The molecule has 1 amide bonds. The summed E-state index contributed by atoms with van der Waals surface area (Å²) in [6, 6.07) is 5.00. The number of benzene rings is 2. The first-order valence-electron chi connectivity index (χ1n) is 7.16. The Morgan fingerprint density at radius 2 is 1.64 bits per heavy atom. The monoisotopic (exact) mass is 355 g/mol. The number of nitrogens with one attached hydrogen (secondary N) is 1. The second kappa shape index (κ2) is 7.78. The Labute approximate surface area is 142 Å². The van der Waals surface area contributed by atoms with E-state index in [9.17, 15) is 18.0 Å².